The number of carbonyl (C=O) groups is 2. The molecule has 154 valence electrons. The summed E-state index contributed by atoms with van der Waals surface area (Å²) in [6.45, 7) is 2.06. The van der Waals surface area contributed by atoms with E-state index in [9.17, 15) is 24.8 Å². The number of nitrogens with zero attached hydrogens (tertiary/aromatic N) is 2. The monoisotopic (exact) mass is 443 g/mol. The number of nitro benzene ring substituents is 1. The lowest BCUT2D eigenvalue weighted by Gasteiger charge is -2.14. The second kappa shape index (κ2) is 9.06. The first-order chi connectivity index (χ1) is 14.2. The highest BCUT2D eigenvalue weighted by Gasteiger charge is 2.32. The summed E-state index contributed by atoms with van der Waals surface area (Å²) in [5, 5.41) is 23.0. The van der Waals surface area contributed by atoms with Gasteiger partial charge in [0, 0.05) is 19.0 Å². The Bertz CT molecular complexity index is 1070. The van der Waals surface area contributed by atoms with Crippen LogP contribution >= 0.6 is 24.0 Å². The number of thiocarbonyl (C=S) groups is 1. The van der Waals surface area contributed by atoms with Crippen LogP contribution in [0.5, 0.6) is 5.75 Å². The second-order valence-electron chi connectivity index (χ2n) is 6.50. The number of non-ortho nitro benzene ring substituents is 1. The van der Waals surface area contributed by atoms with Crippen molar-refractivity contribution in [3.63, 3.8) is 0 Å². The highest BCUT2D eigenvalue weighted by molar-refractivity contribution is 8.26. The van der Waals surface area contributed by atoms with Crippen molar-refractivity contribution < 1.29 is 19.6 Å². The van der Waals surface area contributed by atoms with Crippen LogP contribution in [0, 0.1) is 17.0 Å². The zero-order valence-electron chi connectivity index (χ0n) is 15.8. The van der Waals surface area contributed by atoms with Crippen molar-refractivity contribution in [3.05, 3.63) is 68.6 Å². The van der Waals surface area contributed by atoms with E-state index >= 15 is 0 Å². The van der Waals surface area contributed by atoms with E-state index in [1.54, 1.807) is 6.08 Å². The van der Waals surface area contributed by atoms with Gasteiger partial charge in [0.1, 0.15) is 10.1 Å². The number of nitro groups is 1. The molecule has 0 bridgehead atoms. The average Bonchev–Trinajstić information content (AvgIpc) is 2.96. The third-order valence-electron chi connectivity index (χ3n) is 4.28. The van der Waals surface area contributed by atoms with E-state index in [0.29, 0.717) is 9.23 Å². The summed E-state index contributed by atoms with van der Waals surface area (Å²) in [6.07, 6.45) is 1.70. The fraction of sp³-hybridized carbons (Fsp3) is 0.150. The van der Waals surface area contributed by atoms with Gasteiger partial charge in [-0.3, -0.25) is 24.6 Å². The molecule has 30 heavy (non-hydrogen) atoms. The van der Waals surface area contributed by atoms with Crippen LogP contribution in [0.2, 0.25) is 0 Å². The number of thioether (sulfide) groups is 1. The number of amides is 2. The van der Waals surface area contributed by atoms with Crippen molar-refractivity contribution >= 4 is 57.6 Å². The minimum Gasteiger partial charge on any atom is -0.506 e. The van der Waals surface area contributed by atoms with Gasteiger partial charge in [-0.1, -0.05) is 53.8 Å². The van der Waals surface area contributed by atoms with Gasteiger partial charge in [-0.25, -0.2) is 0 Å². The number of aryl methyl sites for hydroxylation is 1. The lowest BCUT2D eigenvalue weighted by atomic mass is 10.1. The molecule has 0 saturated carbocycles. The molecule has 1 heterocycles. The van der Waals surface area contributed by atoms with Gasteiger partial charge in [-0.05, 0) is 24.6 Å². The van der Waals surface area contributed by atoms with Gasteiger partial charge in [0.25, 0.3) is 11.6 Å². The van der Waals surface area contributed by atoms with Gasteiger partial charge >= 0.3 is 0 Å². The van der Waals surface area contributed by atoms with E-state index < -0.39 is 16.6 Å². The topological polar surface area (TPSA) is 113 Å². The number of benzene rings is 2. The van der Waals surface area contributed by atoms with Crippen molar-refractivity contribution in [1.29, 1.82) is 0 Å². The predicted molar refractivity (Wildman–Crippen MR) is 119 cm³/mol. The average molecular weight is 444 g/mol. The summed E-state index contributed by atoms with van der Waals surface area (Å²) in [4.78, 5) is 36.7. The number of hydrogen-bond donors (Lipinski definition) is 2. The molecular formula is C20H17N3O5S2. The van der Waals surface area contributed by atoms with Gasteiger partial charge in [0.15, 0.2) is 0 Å². The molecule has 2 amide bonds. The number of phenolic OH excluding ortho intramolecular Hbond substituents is 1. The Morgan fingerprint density at radius 3 is 2.63 bits per heavy atom. The summed E-state index contributed by atoms with van der Waals surface area (Å²) >= 11 is 6.44. The minimum atomic E-state index is -0.648. The van der Waals surface area contributed by atoms with Crippen LogP contribution in [0.25, 0.3) is 6.08 Å². The molecule has 10 heteroatoms. The molecule has 8 nitrogen and oxygen atoms in total. The molecule has 0 radical (unpaired) electrons. The molecule has 2 N–H and O–H groups in total. The van der Waals surface area contributed by atoms with Crippen molar-refractivity contribution in [2.45, 2.75) is 13.3 Å². The molecular weight excluding hydrogens is 426 g/mol. The van der Waals surface area contributed by atoms with E-state index in [1.165, 1.54) is 28.8 Å². The number of anilines is 1. The maximum absolute atomic E-state index is 12.6. The first-order valence-electron chi connectivity index (χ1n) is 8.84. The molecule has 2 aromatic carbocycles. The third kappa shape index (κ3) is 5.02. The van der Waals surface area contributed by atoms with E-state index in [-0.39, 0.29) is 30.2 Å². The van der Waals surface area contributed by atoms with Gasteiger partial charge < -0.3 is 10.4 Å². The van der Waals surface area contributed by atoms with E-state index in [2.05, 4.69) is 5.32 Å². The Morgan fingerprint density at radius 1 is 1.30 bits per heavy atom. The zero-order chi connectivity index (χ0) is 21.8. The molecule has 3 rings (SSSR count). The van der Waals surface area contributed by atoms with Crippen LogP contribution in [0.15, 0.2) is 47.4 Å². The van der Waals surface area contributed by atoms with Crippen LogP contribution in [-0.2, 0) is 9.59 Å². The van der Waals surface area contributed by atoms with Crippen molar-refractivity contribution in [3.8, 4) is 5.75 Å². The lowest BCUT2D eigenvalue weighted by molar-refractivity contribution is -0.384. The first kappa shape index (κ1) is 21.5. The fourth-order valence-electron chi connectivity index (χ4n) is 2.67. The summed E-state index contributed by atoms with van der Waals surface area (Å²) in [7, 11) is 0. The number of nitrogens with one attached hydrogen (secondary N) is 1. The standard InChI is InChI=1S/C20H17N3O5S2/c1-12-2-4-13(5-3-12)10-17-19(26)22(20(29)30-17)9-8-18(25)21-15-7-6-14(23(27)28)11-16(15)24/h2-7,10-11,24H,8-9H2,1H3,(H,21,25)/b17-10-. The summed E-state index contributed by atoms with van der Waals surface area (Å²) < 4.78 is 0.365. The lowest BCUT2D eigenvalue weighted by Crippen LogP contribution is -2.31. The number of phenols is 1. The van der Waals surface area contributed by atoms with Crippen molar-refractivity contribution in [2.75, 3.05) is 11.9 Å². The molecule has 0 atom stereocenters. The highest BCUT2D eigenvalue weighted by atomic mass is 32.2. The molecule has 0 spiro atoms. The fourth-order valence-corrected chi connectivity index (χ4v) is 3.98. The Hall–Kier alpha value is -3.24. The molecule has 1 aliphatic heterocycles. The van der Waals surface area contributed by atoms with Crippen molar-refractivity contribution in [2.24, 2.45) is 0 Å². The Morgan fingerprint density at radius 2 is 2.00 bits per heavy atom. The quantitative estimate of drug-likeness (QED) is 0.229. The van der Waals surface area contributed by atoms with E-state index in [0.717, 1.165) is 17.2 Å². The summed E-state index contributed by atoms with van der Waals surface area (Å²) in [5.41, 5.74) is 1.76. The van der Waals surface area contributed by atoms with Crippen LogP contribution < -0.4 is 5.32 Å². The van der Waals surface area contributed by atoms with Gasteiger partial charge in [-0.2, -0.15) is 0 Å². The predicted octanol–water partition coefficient (Wildman–Crippen LogP) is 3.84. The van der Waals surface area contributed by atoms with Gasteiger partial charge in [0.2, 0.25) is 5.91 Å². The molecule has 1 aliphatic rings. The smallest absolute Gasteiger partial charge is 0.273 e. The number of rotatable bonds is 6. The summed E-state index contributed by atoms with van der Waals surface area (Å²) in [5.74, 6) is -1.14. The minimum absolute atomic E-state index is 0.0512. The van der Waals surface area contributed by atoms with Gasteiger partial charge in [-0.15, -0.1) is 0 Å². The largest absolute Gasteiger partial charge is 0.506 e. The SMILES string of the molecule is Cc1ccc(/C=C2\SC(=S)N(CCC(=O)Nc3ccc([N+](=O)[O-])cc3O)C2=O)cc1. The van der Waals surface area contributed by atoms with Gasteiger partial charge in [0.05, 0.1) is 21.6 Å². The number of hydrogen-bond acceptors (Lipinski definition) is 7. The molecule has 1 saturated heterocycles. The van der Waals surface area contributed by atoms with Crippen LogP contribution in [0.4, 0.5) is 11.4 Å². The number of aromatic hydroxyl groups is 1. The number of carbonyl (C=O) groups excluding carboxylic acids is 2. The van der Waals surface area contributed by atoms with Crippen LogP contribution in [0.3, 0.4) is 0 Å². The first-order valence-corrected chi connectivity index (χ1v) is 10.1. The zero-order valence-corrected chi connectivity index (χ0v) is 17.5. The molecule has 0 aliphatic carbocycles. The second-order valence-corrected chi connectivity index (χ2v) is 8.18. The maximum Gasteiger partial charge on any atom is 0.273 e. The molecule has 1 fully saturated rings. The van der Waals surface area contributed by atoms with Crippen LogP contribution in [0.1, 0.15) is 17.5 Å². The van der Waals surface area contributed by atoms with Crippen molar-refractivity contribution in [1.82, 2.24) is 4.90 Å². The summed E-state index contributed by atoms with van der Waals surface area (Å²) in [6, 6.07) is 11.1. The third-order valence-corrected chi connectivity index (χ3v) is 5.66. The van der Waals surface area contributed by atoms with E-state index in [1.807, 2.05) is 31.2 Å². The maximum atomic E-state index is 12.6. The van der Waals surface area contributed by atoms with Crippen LogP contribution in [-0.4, -0.2) is 37.6 Å². The molecule has 0 aromatic heterocycles. The Balaban J connectivity index is 1.60. The Labute approximate surface area is 181 Å². The normalized spacial score (nSPS) is 15.0. The highest BCUT2D eigenvalue weighted by Crippen LogP contribution is 2.33. The van der Waals surface area contributed by atoms with E-state index in [4.69, 9.17) is 12.2 Å². The Kier molecular flexibility index (Phi) is 6.48. The molecule has 2 aromatic rings. The molecule has 0 unspecified atom stereocenters.